The molecular formula is C14H27NO3. The first kappa shape index (κ1) is 14.3. The molecule has 106 valence electrons. The van der Waals surface area contributed by atoms with E-state index in [1.54, 1.807) is 0 Å². The molecular weight excluding hydrogens is 230 g/mol. The van der Waals surface area contributed by atoms with Crippen LogP contribution in [0.2, 0.25) is 0 Å². The molecule has 0 aromatic rings. The van der Waals surface area contributed by atoms with Crippen LogP contribution in [0.4, 0.5) is 0 Å². The fourth-order valence-electron chi connectivity index (χ4n) is 3.43. The van der Waals surface area contributed by atoms with Gasteiger partial charge < -0.3 is 14.6 Å². The molecule has 2 fully saturated rings. The molecule has 2 rings (SSSR count). The predicted molar refractivity (Wildman–Crippen MR) is 70.4 cm³/mol. The van der Waals surface area contributed by atoms with Gasteiger partial charge in [0.05, 0.1) is 19.3 Å². The van der Waals surface area contributed by atoms with Crippen LogP contribution in [0.15, 0.2) is 0 Å². The second-order valence-corrected chi connectivity index (χ2v) is 5.62. The standard InChI is InChI=1S/C14H27NO3/c1-4-11(5-2)15(3)12-10-14(7-6-13(12)16)17-8-9-18-14/h11-13,16H,4-10H2,1-3H3. The van der Waals surface area contributed by atoms with Crippen LogP contribution in [0, 0.1) is 0 Å². The van der Waals surface area contributed by atoms with Gasteiger partial charge in [-0.3, -0.25) is 4.90 Å². The highest BCUT2D eigenvalue weighted by atomic mass is 16.7. The molecule has 4 nitrogen and oxygen atoms in total. The number of hydrogen-bond donors (Lipinski definition) is 1. The van der Waals surface area contributed by atoms with Gasteiger partial charge in [0.15, 0.2) is 5.79 Å². The van der Waals surface area contributed by atoms with Crippen LogP contribution in [0.1, 0.15) is 46.0 Å². The minimum atomic E-state index is -0.413. The van der Waals surface area contributed by atoms with E-state index in [2.05, 4.69) is 25.8 Å². The smallest absolute Gasteiger partial charge is 0.170 e. The Morgan fingerprint density at radius 2 is 1.89 bits per heavy atom. The Morgan fingerprint density at radius 3 is 2.44 bits per heavy atom. The van der Waals surface area contributed by atoms with Crippen LogP contribution < -0.4 is 0 Å². The Kier molecular flexibility index (Phi) is 4.64. The first-order chi connectivity index (χ1) is 8.62. The van der Waals surface area contributed by atoms with E-state index in [1.807, 2.05) is 0 Å². The molecule has 2 atom stereocenters. The molecule has 1 saturated carbocycles. The molecule has 2 unspecified atom stereocenters. The lowest BCUT2D eigenvalue weighted by Crippen LogP contribution is -2.54. The first-order valence-corrected chi connectivity index (χ1v) is 7.30. The van der Waals surface area contributed by atoms with E-state index in [9.17, 15) is 5.11 Å². The summed E-state index contributed by atoms with van der Waals surface area (Å²) in [4.78, 5) is 2.33. The summed E-state index contributed by atoms with van der Waals surface area (Å²) in [6.07, 6.45) is 4.36. The molecule has 1 heterocycles. The zero-order chi connectivity index (χ0) is 13.2. The van der Waals surface area contributed by atoms with Gasteiger partial charge in [-0.1, -0.05) is 13.8 Å². The highest BCUT2D eigenvalue weighted by Gasteiger charge is 2.46. The van der Waals surface area contributed by atoms with Gasteiger partial charge in [-0.05, 0) is 26.3 Å². The van der Waals surface area contributed by atoms with E-state index in [-0.39, 0.29) is 12.1 Å². The van der Waals surface area contributed by atoms with Crippen molar-refractivity contribution in [2.45, 2.75) is 69.9 Å². The monoisotopic (exact) mass is 257 g/mol. The number of rotatable bonds is 4. The Bertz CT molecular complexity index is 262. The summed E-state index contributed by atoms with van der Waals surface area (Å²) >= 11 is 0. The van der Waals surface area contributed by atoms with Crippen molar-refractivity contribution >= 4 is 0 Å². The lowest BCUT2D eigenvalue weighted by molar-refractivity contribution is -0.206. The highest BCUT2D eigenvalue weighted by Crippen LogP contribution is 2.38. The molecule has 18 heavy (non-hydrogen) atoms. The molecule has 0 aromatic carbocycles. The van der Waals surface area contributed by atoms with Gasteiger partial charge in [0.1, 0.15) is 0 Å². The van der Waals surface area contributed by atoms with Crippen molar-refractivity contribution in [3.63, 3.8) is 0 Å². The fourth-order valence-corrected chi connectivity index (χ4v) is 3.43. The minimum absolute atomic E-state index is 0.154. The van der Waals surface area contributed by atoms with Gasteiger partial charge in [0.25, 0.3) is 0 Å². The summed E-state index contributed by atoms with van der Waals surface area (Å²) in [5.74, 6) is -0.413. The molecule has 1 N–H and O–H groups in total. The predicted octanol–water partition coefficient (Wildman–Crippen LogP) is 1.76. The summed E-state index contributed by atoms with van der Waals surface area (Å²) in [7, 11) is 2.12. The van der Waals surface area contributed by atoms with Gasteiger partial charge >= 0.3 is 0 Å². The molecule has 0 radical (unpaired) electrons. The Balaban J connectivity index is 2.04. The number of ether oxygens (including phenoxy) is 2. The van der Waals surface area contributed by atoms with Crippen molar-refractivity contribution < 1.29 is 14.6 Å². The average Bonchev–Trinajstić information content (AvgIpc) is 2.82. The number of aliphatic hydroxyl groups excluding tert-OH is 1. The largest absolute Gasteiger partial charge is 0.391 e. The lowest BCUT2D eigenvalue weighted by atomic mass is 9.85. The first-order valence-electron chi connectivity index (χ1n) is 7.30. The van der Waals surface area contributed by atoms with E-state index >= 15 is 0 Å². The average molecular weight is 257 g/mol. The van der Waals surface area contributed by atoms with Crippen molar-refractivity contribution in [2.75, 3.05) is 20.3 Å². The molecule has 1 aliphatic heterocycles. The number of nitrogens with zero attached hydrogens (tertiary/aromatic N) is 1. The normalized spacial score (nSPS) is 31.7. The van der Waals surface area contributed by atoms with Gasteiger partial charge in [0.2, 0.25) is 0 Å². The maximum Gasteiger partial charge on any atom is 0.170 e. The van der Waals surface area contributed by atoms with Crippen molar-refractivity contribution in [2.24, 2.45) is 0 Å². The zero-order valence-corrected chi connectivity index (χ0v) is 11.9. The van der Waals surface area contributed by atoms with Crippen LogP contribution in [0.3, 0.4) is 0 Å². The molecule has 1 saturated heterocycles. The Hall–Kier alpha value is -0.160. The molecule has 4 heteroatoms. The Labute approximate surface area is 110 Å². The third-order valence-corrected chi connectivity index (χ3v) is 4.64. The summed E-state index contributed by atoms with van der Waals surface area (Å²) in [5, 5.41) is 10.3. The summed E-state index contributed by atoms with van der Waals surface area (Å²) in [6, 6.07) is 0.683. The molecule has 0 aromatic heterocycles. The second-order valence-electron chi connectivity index (χ2n) is 5.62. The minimum Gasteiger partial charge on any atom is -0.391 e. The van der Waals surface area contributed by atoms with Gasteiger partial charge in [0, 0.05) is 24.9 Å². The summed E-state index contributed by atoms with van der Waals surface area (Å²) in [6.45, 7) is 5.80. The van der Waals surface area contributed by atoms with Gasteiger partial charge in [-0.15, -0.1) is 0 Å². The molecule has 1 aliphatic carbocycles. The SMILES string of the molecule is CCC(CC)N(C)C1CC2(CCC1O)OCCO2. The molecule has 0 bridgehead atoms. The van der Waals surface area contributed by atoms with Crippen molar-refractivity contribution in [1.29, 1.82) is 0 Å². The van der Waals surface area contributed by atoms with Crippen LogP contribution in [-0.4, -0.2) is 54.2 Å². The van der Waals surface area contributed by atoms with Crippen molar-refractivity contribution in [1.82, 2.24) is 4.90 Å². The van der Waals surface area contributed by atoms with E-state index in [4.69, 9.17) is 9.47 Å². The number of likely N-dealkylation sites (N-methyl/N-ethyl adjacent to an activating group) is 1. The van der Waals surface area contributed by atoms with E-state index in [0.717, 1.165) is 32.1 Å². The summed E-state index contributed by atoms with van der Waals surface area (Å²) in [5.41, 5.74) is 0. The second kappa shape index (κ2) is 5.87. The summed E-state index contributed by atoms with van der Waals surface area (Å²) < 4.78 is 11.6. The van der Waals surface area contributed by atoms with Gasteiger partial charge in [-0.2, -0.15) is 0 Å². The zero-order valence-electron chi connectivity index (χ0n) is 11.9. The molecule has 0 amide bonds. The maximum atomic E-state index is 10.3. The quantitative estimate of drug-likeness (QED) is 0.833. The lowest BCUT2D eigenvalue weighted by Gasteiger charge is -2.45. The molecule has 2 aliphatic rings. The molecule has 1 spiro atoms. The third-order valence-electron chi connectivity index (χ3n) is 4.64. The van der Waals surface area contributed by atoms with E-state index < -0.39 is 5.79 Å². The number of aliphatic hydroxyl groups is 1. The van der Waals surface area contributed by atoms with Crippen LogP contribution >= 0.6 is 0 Å². The maximum absolute atomic E-state index is 10.3. The van der Waals surface area contributed by atoms with E-state index in [1.165, 1.54) is 0 Å². The third kappa shape index (κ3) is 2.72. The van der Waals surface area contributed by atoms with E-state index in [0.29, 0.717) is 19.3 Å². The van der Waals surface area contributed by atoms with Crippen LogP contribution in [0.5, 0.6) is 0 Å². The van der Waals surface area contributed by atoms with Crippen LogP contribution in [-0.2, 0) is 9.47 Å². The van der Waals surface area contributed by atoms with Gasteiger partial charge in [-0.25, -0.2) is 0 Å². The van der Waals surface area contributed by atoms with Crippen LogP contribution in [0.25, 0.3) is 0 Å². The Morgan fingerprint density at radius 1 is 1.28 bits per heavy atom. The number of hydrogen-bond acceptors (Lipinski definition) is 4. The van der Waals surface area contributed by atoms with Crippen molar-refractivity contribution in [3.8, 4) is 0 Å². The fraction of sp³-hybridized carbons (Fsp3) is 1.00. The highest BCUT2D eigenvalue weighted by molar-refractivity contribution is 4.93. The van der Waals surface area contributed by atoms with Crippen molar-refractivity contribution in [3.05, 3.63) is 0 Å². The topological polar surface area (TPSA) is 41.9 Å².